The zero-order valence-electron chi connectivity index (χ0n) is 42.7. The van der Waals surface area contributed by atoms with Gasteiger partial charge in [-0.3, -0.25) is 42.9 Å². The Morgan fingerprint density at radius 1 is 0.324 bits per heavy atom. The van der Waals surface area contributed by atoms with Gasteiger partial charge in [0.25, 0.3) is 45.9 Å². The van der Waals surface area contributed by atoms with Gasteiger partial charge in [-0.2, -0.15) is 0 Å². The molecular formula is C62H50N4O8. The molecule has 2 aliphatic heterocycles. The quantitative estimate of drug-likeness (QED) is 0.137. The number of aromatic nitrogens is 2. The minimum Gasteiger partial charge on any atom is -0.277 e. The van der Waals surface area contributed by atoms with Crippen LogP contribution in [0.15, 0.2) is 116 Å². The normalized spacial score (nSPS) is 13.4. The topological polar surface area (TPSA) is 153 Å². The van der Waals surface area contributed by atoms with Crippen molar-refractivity contribution in [1.29, 1.82) is 0 Å². The molecule has 9 aromatic rings. The van der Waals surface area contributed by atoms with Crippen molar-refractivity contribution >= 4 is 56.5 Å². The van der Waals surface area contributed by atoms with Crippen molar-refractivity contribution in [2.75, 3.05) is 9.80 Å². The van der Waals surface area contributed by atoms with Crippen molar-refractivity contribution in [2.45, 2.75) is 75.2 Å². The lowest BCUT2D eigenvalue weighted by molar-refractivity contribution is 0.0910. The maximum absolute atomic E-state index is 14.3. The molecule has 4 amide bonds. The molecular weight excluding hydrogens is 929 g/mol. The van der Waals surface area contributed by atoms with Crippen LogP contribution in [0.3, 0.4) is 0 Å². The number of imide groups is 2. The monoisotopic (exact) mass is 978 g/mol. The van der Waals surface area contributed by atoms with Gasteiger partial charge >= 0.3 is 0 Å². The zero-order chi connectivity index (χ0) is 52.7. The van der Waals surface area contributed by atoms with Crippen LogP contribution in [-0.2, 0) is 19.9 Å². The van der Waals surface area contributed by atoms with E-state index in [1.807, 2.05) is 77.9 Å². The number of amides is 4. The molecule has 0 saturated carbocycles. The van der Waals surface area contributed by atoms with E-state index in [1.54, 1.807) is 36.4 Å². The SMILES string of the molecule is Cc1cc(Cc2cc(C)c(N3C(=O)c4ccc(-c5ccc6c(c5)C(=O)N(c5c(C)cc(Cc7cc(C)c(-n8c(=O)c9cc%10c(=O)n(C)c(=O)c%10cc9c8=O)c(C)c7)cc5C)C6=O)cc4C3=O)c(C)c2)cc(C)c1C. The molecule has 11 rings (SSSR count). The summed E-state index contributed by atoms with van der Waals surface area (Å²) in [6.07, 6.45) is 1.19. The highest BCUT2D eigenvalue weighted by molar-refractivity contribution is 6.36. The van der Waals surface area contributed by atoms with Gasteiger partial charge in [0.2, 0.25) is 0 Å². The summed E-state index contributed by atoms with van der Waals surface area (Å²) in [7, 11) is 1.36. The van der Waals surface area contributed by atoms with E-state index in [0.717, 1.165) is 43.4 Å². The van der Waals surface area contributed by atoms with E-state index >= 15 is 0 Å². The third kappa shape index (κ3) is 7.10. The van der Waals surface area contributed by atoms with Crippen LogP contribution < -0.4 is 32.0 Å². The zero-order valence-corrected chi connectivity index (χ0v) is 42.7. The molecule has 0 spiro atoms. The first-order valence-corrected chi connectivity index (χ1v) is 24.5. The minimum atomic E-state index is -0.570. The van der Waals surface area contributed by atoms with E-state index in [9.17, 15) is 38.4 Å². The Morgan fingerprint density at radius 3 is 0.973 bits per heavy atom. The molecule has 4 heterocycles. The number of fused-ring (bicyclic) bond motifs is 4. The maximum Gasteiger partial charge on any atom is 0.266 e. The molecule has 0 fully saturated rings. The number of hydrogen-bond acceptors (Lipinski definition) is 8. The number of rotatable bonds is 8. The number of benzene rings is 7. The number of hydrogen-bond donors (Lipinski definition) is 0. The fourth-order valence-electron chi connectivity index (χ4n) is 11.7. The van der Waals surface area contributed by atoms with Gasteiger partial charge in [-0.15, -0.1) is 0 Å². The smallest absolute Gasteiger partial charge is 0.266 e. The molecule has 7 aromatic carbocycles. The van der Waals surface area contributed by atoms with Crippen molar-refractivity contribution in [3.05, 3.63) is 233 Å². The Balaban J connectivity index is 0.833. The van der Waals surface area contributed by atoms with Gasteiger partial charge in [-0.25, -0.2) is 14.4 Å². The Morgan fingerprint density at radius 2 is 0.622 bits per heavy atom. The van der Waals surface area contributed by atoms with Crippen LogP contribution in [-0.4, -0.2) is 32.8 Å². The fraction of sp³-hybridized carbons (Fsp3) is 0.194. The molecule has 0 atom stereocenters. The largest absolute Gasteiger partial charge is 0.277 e. The molecule has 12 nitrogen and oxygen atoms in total. The molecule has 2 aliphatic rings. The van der Waals surface area contributed by atoms with Crippen molar-refractivity contribution in [3.8, 4) is 16.8 Å². The lowest BCUT2D eigenvalue weighted by Crippen LogP contribution is -2.30. The van der Waals surface area contributed by atoms with E-state index < -0.39 is 45.9 Å². The van der Waals surface area contributed by atoms with Crippen LogP contribution in [0, 0.1) is 62.3 Å². The molecule has 0 aliphatic carbocycles. The number of carbonyl (C=O) groups excluding carboxylic acids is 4. The molecule has 0 N–H and O–H groups in total. The molecule has 0 saturated heterocycles. The summed E-state index contributed by atoms with van der Waals surface area (Å²) in [6, 6.07) is 29.0. The lowest BCUT2D eigenvalue weighted by Gasteiger charge is -2.21. The average molecular weight is 979 g/mol. The van der Waals surface area contributed by atoms with Gasteiger partial charge < -0.3 is 0 Å². The van der Waals surface area contributed by atoms with Crippen LogP contribution in [0.4, 0.5) is 11.4 Å². The van der Waals surface area contributed by atoms with Crippen LogP contribution >= 0.6 is 0 Å². The summed E-state index contributed by atoms with van der Waals surface area (Å²) in [6.45, 7) is 17.6. The summed E-state index contributed by atoms with van der Waals surface area (Å²) in [5.74, 6) is -1.75. The summed E-state index contributed by atoms with van der Waals surface area (Å²) < 4.78 is 2.08. The van der Waals surface area contributed by atoms with Crippen molar-refractivity contribution in [2.24, 2.45) is 7.05 Å². The van der Waals surface area contributed by atoms with Crippen LogP contribution in [0.2, 0.25) is 0 Å². The minimum absolute atomic E-state index is 0.0722. The van der Waals surface area contributed by atoms with Crippen LogP contribution in [0.5, 0.6) is 0 Å². The third-order valence-electron chi connectivity index (χ3n) is 15.3. The van der Waals surface area contributed by atoms with Gasteiger partial charge in [0.1, 0.15) is 0 Å². The van der Waals surface area contributed by atoms with E-state index in [4.69, 9.17) is 0 Å². The van der Waals surface area contributed by atoms with E-state index in [0.29, 0.717) is 62.4 Å². The highest BCUT2D eigenvalue weighted by atomic mass is 16.2. The van der Waals surface area contributed by atoms with E-state index in [1.165, 1.54) is 51.2 Å². The van der Waals surface area contributed by atoms with Crippen molar-refractivity contribution in [1.82, 2.24) is 9.13 Å². The second kappa shape index (κ2) is 16.8. The number of anilines is 2. The number of nitrogens with zero attached hydrogens (tertiary/aromatic N) is 4. The summed E-state index contributed by atoms with van der Waals surface area (Å²) >= 11 is 0. The van der Waals surface area contributed by atoms with Gasteiger partial charge in [0.05, 0.1) is 60.9 Å². The highest BCUT2D eigenvalue weighted by Crippen LogP contribution is 2.39. The predicted molar refractivity (Wildman–Crippen MR) is 289 cm³/mol. The molecule has 0 bridgehead atoms. The van der Waals surface area contributed by atoms with Crippen LogP contribution in [0.25, 0.3) is 38.4 Å². The Kier molecular flexibility index (Phi) is 10.8. The predicted octanol–water partition coefficient (Wildman–Crippen LogP) is 9.66. The number of aryl methyl sites for hydroxylation is 8. The Bertz CT molecular complexity index is 4160. The standard InChI is InChI=1S/C62H50N4O8/c1-29-15-38(16-30(2)37(29)9)23-39-17-31(3)52(32(4)18-39)64-57(69)44-13-11-42(25-46(44)59(64)71)43-12-14-45-47(26-43)60(72)65(58(45)70)53-33(5)19-40(20-34(53)6)24-41-21-35(7)54(36(8)22-41)66-61(73)50-27-48-49(28-51(50)62(66)74)56(68)63(10)55(48)67/h11-22,25-28H,23-24H2,1-10H3. The summed E-state index contributed by atoms with van der Waals surface area (Å²) in [5.41, 5.74) is 13.8. The molecule has 0 unspecified atom stereocenters. The third-order valence-corrected chi connectivity index (χ3v) is 15.3. The second-order valence-electron chi connectivity index (χ2n) is 20.4. The van der Waals surface area contributed by atoms with Crippen LogP contribution in [0.1, 0.15) is 114 Å². The fourth-order valence-corrected chi connectivity index (χ4v) is 11.7. The van der Waals surface area contributed by atoms with Crippen molar-refractivity contribution < 1.29 is 19.2 Å². The highest BCUT2D eigenvalue weighted by Gasteiger charge is 2.40. The summed E-state index contributed by atoms with van der Waals surface area (Å²) in [5, 5.41) is 0.335. The van der Waals surface area contributed by atoms with Crippen molar-refractivity contribution in [3.63, 3.8) is 0 Å². The Labute approximate surface area is 425 Å². The van der Waals surface area contributed by atoms with Gasteiger partial charge in [-0.05, 0) is 195 Å². The van der Waals surface area contributed by atoms with Gasteiger partial charge in [0.15, 0.2) is 0 Å². The lowest BCUT2D eigenvalue weighted by atomic mass is 9.94. The molecule has 0 radical (unpaired) electrons. The second-order valence-corrected chi connectivity index (χ2v) is 20.4. The first-order chi connectivity index (χ1) is 35.1. The van der Waals surface area contributed by atoms with E-state index in [-0.39, 0.29) is 38.2 Å². The first-order valence-electron chi connectivity index (χ1n) is 24.5. The van der Waals surface area contributed by atoms with Gasteiger partial charge in [0, 0.05) is 7.05 Å². The maximum atomic E-state index is 14.3. The number of carbonyl (C=O) groups is 4. The molecule has 12 heteroatoms. The molecule has 366 valence electrons. The average Bonchev–Trinajstić information content (AvgIpc) is 3.92. The Hall–Kier alpha value is -8.90. The molecule has 2 aromatic heterocycles. The molecule has 74 heavy (non-hydrogen) atoms. The van der Waals surface area contributed by atoms with E-state index in [2.05, 4.69) is 32.9 Å². The first kappa shape index (κ1) is 47.4. The van der Waals surface area contributed by atoms with Gasteiger partial charge in [-0.1, -0.05) is 60.7 Å². The summed E-state index contributed by atoms with van der Waals surface area (Å²) in [4.78, 5) is 112.